The predicted molar refractivity (Wildman–Crippen MR) is 104 cm³/mol. The Labute approximate surface area is 167 Å². The zero-order valence-electron chi connectivity index (χ0n) is 15.5. The van der Waals surface area contributed by atoms with E-state index < -0.39 is 6.23 Å². The Kier molecular flexibility index (Phi) is 6.07. The van der Waals surface area contributed by atoms with E-state index in [1.807, 2.05) is 18.1 Å². The van der Waals surface area contributed by atoms with Crippen molar-refractivity contribution in [2.45, 2.75) is 13.2 Å². The molecule has 3 rings (SSSR count). The fourth-order valence-electron chi connectivity index (χ4n) is 2.56. The van der Waals surface area contributed by atoms with Gasteiger partial charge in [0.25, 0.3) is 0 Å². The zero-order chi connectivity index (χ0) is 20.6. The van der Waals surface area contributed by atoms with E-state index in [1.54, 1.807) is 49.4 Å². The lowest BCUT2D eigenvalue weighted by molar-refractivity contribution is 0.197. The van der Waals surface area contributed by atoms with E-state index in [2.05, 4.69) is 4.99 Å². The molecule has 0 radical (unpaired) electrons. The second-order valence-corrected chi connectivity index (χ2v) is 5.78. The van der Waals surface area contributed by atoms with Crippen molar-refractivity contribution in [2.24, 2.45) is 4.99 Å². The molecule has 1 unspecified atom stereocenters. The summed E-state index contributed by atoms with van der Waals surface area (Å²) in [7, 11) is 0. The summed E-state index contributed by atoms with van der Waals surface area (Å²) in [5.74, 6) is 2.95. The first-order valence-electron chi connectivity index (χ1n) is 8.69. The number of ether oxygens (including phenoxy) is 3. The molecular formula is C22H15N3O4. The highest BCUT2D eigenvalue weighted by molar-refractivity contribution is 5.93. The third kappa shape index (κ3) is 4.70. The van der Waals surface area contributed by atoms with Crippen molar-refractivity contribution >= 4 is 11.8 Å². The molecule has 0 aliphatic carbocycles. The predicted octanol–water partition coefficient (Wildman–Crippen LogP) is 3.30. The van der Waals surface area contributed by atoms with Gasteiger partial charge < -0.3 is 14.2 Å². The molecule has 2 aromatic rings. The van der Waals surface area contributed by atoms with Gasteiger partial charge >= 0.3 is 0 Å². The lowest BCUT2D eigenvalue weighted by atomic mass is 10.1. The Balaban J connectivity index is 1.94. The summed E-state index contributed by atoms with van der Waals surface area (Å²) in [5, 5.41) is 18.1. The molecular weight excluding hydrogens is 370 g/mol. The third-order valence-corrected chi connectivity index (χ3v) is 3.82. The summed E-state index contributed by atoms with van der Waals surface area (Å²) in [4.78, 5) is 15.9. The number of nitriles is 2. The maximum atomic E-state index is 11.6. The fourth-order valence-corrected chi connectivity index (χ4v) is 2.56. The maximum absolute atomic E-state index is 11.6. The number of aliphatic imine (C=N–C) groups is 1. The number of dihydropyridines is 1. The van der Waals surface area contributed by atoms with Crippen LogP contribution in [0.2, 0.25) is 0 Å². The zero-order valence-corrected chi connectivity index (χ0v) is 15.5. The molecule has 0 fully saturated rings. The molecule has 1 heterocycles. The van der Waals surface area contributed by atoms with E-state index in [4.69, 9.17) is 24.7 Å². The van der Waals surface area contributed by atoms with Gasteiger partial charge in [0.2, 0.25) is 12.1 Å². The van der Waals surface area contributed by atoms with E-state index in [1.165, 1.54) is 12.1 Å². The summed E-state index contributed by atoms with van der Waals surface area (Å²) in [6.07, 6.45) is 0.399. The second kappa shape index (κ2) is 9.05. The van der Waals surface area contributed by atoms with Crippen LogP contribution in [0.3, 0.4) is 0 Å². The third-order valence-electron chi connectivity index (χ3n) is 3.82. The van der Waals surface area contributed by atoms with Crippen LogP contribution in [0.15, 0.2) is 70.9 Å². The highest BCUT2D eigenvalue weighted by Crippen LogP contribution is 2.26. The molecule has 0 N–H and O–H groups in total. The Morgan fingerprint density at radius 2 is 1.69 bits per heavy atom. The number of benzene rings is 2. The van der Waals surface area contributed by atoms with Gasteiger partial charge in [-0.25, -0.2) is 9.79 Å². The summed E-state index contributed by atoms with van der Waals surface area (Å²) >= 11 is 0. The van der Waals surface area contributed by atoms with Gasteiger partial charge in [-0.2, -0.15) is 10.5 Å². The van der Waals surface area contributed by atoms with Crippen LogP contribution in [-0.2, 0) is 9.53 Å². The van der Waals surface area contributed by atoms with Gasteiger partial charge in [0, 0.05) is 6.08 Å². The molecule has 0 bridgehead atoms. The van der Waals surface area contributed by atoms with E-state index in [0.717, 1.165) is 0 Å². The molecule has 0 saturated carbocycles. The molecule has 0 saturated heterocycles. The van der Waals surface area contributed by atoms with Gasteiger partial charge in [-0.05, 0) is 43.3 Å². The van der Waals surface area contributed by atoms with Gasteiger partial charge in [0.05, 0.1) is 29.9 Å². The van der Waals surface area contributed by atoms with Crippen LogP contribution < -0.4 is 9.47 Å². The molecule has 0 aromatic heterocycles. The van der Waals surface area contributed by atoms with Crippen molar-refractivity contribution in [3.8, 4) is 23.6 Å². The van der Waals surface area contributed by atoms with Crippen LogP contribution in [0.4, 0.5) is 0 Å². The second-order valence-electron chi connectivity index (χ2n) is 5.78. The molecule has 1 aliphatic heterocycles. The summed E-state index contributed by atoms with van der Waals surface area (Å²) < 4.78 is 17.1. The van der Waals surface area contributed by atoms with Crippen molar-refractivity contribution in [1.82, 2.24) is 0 Å². The van der Waals surface area contributed by atoms with Crippen LogP contribution in [0.25, 0.3) is 0 Å². The Morgan fingerprint density at radius 1 is 1.03 bits per heavy atom. The summed E-state index contributed by atoms with van der Waals surface area (Å²) in [6.45, 7) is 2.09. The summed E-state index contributed by atoms with van der Waals surface area (Å²) in [5.41, 5.74) is 0.916. The van der Waals surface area contributed by atoms with Crippen molar-refractivity contribution in [2.75, 3.05) is 6.61 Å². The number of hydrogen-bond donors (Lipinski definition) is 0. The van der Waals surface area contributed by atoms with E-state index in [9.17, 15) is 4.79 Å². The van der Waals surface area contributed by atoms with E-state index in [0.29, 0.717) is 29.2 Å². The number of nitrogens with zero attached hydrogens (tertiary/aromatic N) is 3. The maximum Gasteiger partial charge on any atom is 0.233 e. The Hall–Kier alpha value is -4.32. The molecule has 7 nitrogen and oxygen atoms in total. The van der Waals surface area contributed by atoms with Crippen molar-refractivity contribution in [1.29, 1.82) is 10.5 Å². The molecule has 0 amide bonds. The van der Waals surface area contributed by atoms with Crippen LogP contribution in [0, 0.1) is 22.7 Å². The molecule has 1 aliphatic rings. The van der Waals surface area contributed by atoms with Crippen LogP contribution in [-0.4, -0.2) is 24.7 Å². The molecule has 7 heteroatoms. The number of hydrogen-bond acceptors (Lipinski definition) is 7. The van der Waals surface area contributed by atoms with Gasteiger partial charge in [-0.15, -0.1) is 0 Å². The lowest BCUT2D eigenvalue weighted by Gasteiger charge is -2.22. The largest absolute Gasteiger partial charge is 0.492 e. The first-order chi connectivity index (χ1) is 14.2. The average molecular weight is 385 g/mol. The van der Waals surface area contributed by atoms with Gasteiger partial charge in [-0.1, -0.05) is 12.1 Å². The normalized spacial score (nSPS) is 15.1. The minimum Gasteiger partial charge on any atom is -0.492 e. The minimum atomic E-state index is -1.07. The highest BCUT2D eigenvalue weighted by Gasteiger charge is 2.28. The molecule has 142 valence electrons. The first-order valence-corrected chi connectivity index (χ1v) is 8.69. The van der Waals surface area contributed by atoms with Crippen LogP contribution >= 0.6 is 0 Å². The topological polar surface area (TPSA) is 105 Å². The standard InChI is InChI=1S/C22H15N3O4/c1-2-27-20-11-21(28-17-7-3-5-15(9-17)12-23)25-22(19(20)14-26)29-18-8-4-6-16(10-18)13-24/h3-11,22H,2H2,1H3. The number of carbonyl (C=O) groups excluding carboxylic acids is 1. The van der Waals surface area contributed by atoms with E-state index >= 15 is 0 Å². The van der Waals surface area contributed by atoms with Crippen LogP contribution in [0.5, 0.6) is 11.5 Å². The molecule has 29 heavy (non-hydrogen) atoms. The Bertz CT molecular complexity index is 1120. The smallest absolute Gasteiger partial charge is 0.233 e. The quantitative estimate of drug-likeness (QED) is 0.731. The first kappa shape index (κ1) is 19.4. The minimum absolute atomic E-state index is 0.0762. The molecule has 2 aromatic carbocycles. The van der Waals surface area contributed by atoms with Gasteiger partial charge in [0.1, 0.15) is 28.8 Å². The number of rotatable bonds is 5. The van der Waals surface area contributed by atoms with Crippen molar-refractivity contribution < 1.29 is 19.0 Å². The summed E-state index contributed by atoms with van der Waals surface area (Å²) in [6, 6.07) is 17.1. The van der Waals surface area contributed by atoms with Crippen LogP contribution in [0.1, 0.15) is 18.1 Å². The highest BCUT2D eigenvalue weighted by atomic mass is 16.5. The van der Waals surface area contributed by atoms with Crippen molar-refractivity contribution in [3.63, 3.8) is 0 Å². The lowest BCUT2D eigenvalue weighted by Crippen LogP contribution is -2.27. The monoisotopic (exact) mass is 385 g/mol. The SMILES string of the molecule is CCOC1=CC(Oc2cccc(C#N)c2)=NC(Oc2cccc(C#N)c2)C1=C=O. The average Bonchev–Trinajstić information content (AvgIpc) is 2.74. The fraction of sp³-hybridized carbons (Fsp3) is 0.136. The van der Waals surface area contributed by atoms with E-state index in [-0.39, 0.29) is 17.2 Å². The van der Waals surface area contributed by atoms with Gasteiger partial charge in [0.15, 0.2) is 0 Å². The molecule has 1 atom stereocenters. The molecule has 0 spiro atoms. The van der Waals surface area contributed by atoms with Gasteiger partial charge in [-0.3, -0.25) is 0 Å². The van der Waals surface area contributed by atoms with Crippen molar-refractivity contribution in [3.05, 3.63) is 77.1 Å². The Morgan fingerprint density at radius 3 is 2.31 bits per heavy atom.